The number of ether oxygens (including phenoxy) is 1. The zero-order chi connectivity index (χ0) is 13.7. The summed E-state index contributed by atoms with van der Waals surface area (Å²) in [7, 11) is 1.48. The number of carbonyl (C=O) groups is 1. The van der Waals surface area contributed by atoms with Crippen LogP contribution in [0.3, 0.4) is 0 Å². The predicted octanol–water partition coefficient (Wildman–Crippen LogP) is 2.21. The Labute approximate surface area is 110 Å². The molecule has 5 nitrogen and oxygen atoms in total. The van der Waals surface area contributed by atoms with Crippen molar-refractivity contribution in [1.82, 2.24) is 4.98 Å². The largest absolute Gasteiger partial charge is 0.495 e. The summed E-state index contributed by atoms with van der Waals surface area (Å²) in [6, 6.07) is 10.3. The van der Waals surface area contributed by atoms with E-state index in [0.717, 1.165) is 0 Å². The van der Waals surface area contributed by atoms with Crippen molar-refractivity contribution in [3.8, 4) is 11.8 Å². The first kappa shape index (κ1) is 12.6. The molecule has 0 bridgehead atoms. The van der Waals surface area contributed by atoms with Crippen LogP contribution in [0, 0.1) is 11.3 Å². The van der Waals surface area contributed by atoms with Crippen LogP contribution in [-0.2, 0) is 0 Å². The smallest absolute Gasteiger partial charge is 0.257 e. The zero-order valence-corrected chi connectivity index (χ0v) is 10.3. The van der Waals surface area contributed by atoms with E-state index in [0.29, 0.717) is 22.6 Å². The van der Waals surface area contributed by atoms with E-state index in [-0.39, 0.29) is 5.91 Å². The molecule has 0 aliphatic rings. The Morgan fingerprint density at radius 1 is 1.37 bits per heavy atom. The van der Waals surface area contributed by atoms with E-state index in [2.05, 4.69) is 10.3 Å². The number of rotatable bonds is 3. The maximum absolute atomic E-state index is 12.0. The van der Waals surface area contributed by atoms with E-state index >= 15 is 0 Å². The number of hydrogen-bond acceptors (Lipinski definition) is 4. The second-order valence-corrected chi connectivity index (χ2v) is 3.69. The van der Waals surface area contributed by atoms with Crippen molar-refractivity contribution in [3.05, 3.63) is 53.9 Å². The Kier molecular flexibility index (Phi) is 3.74. The Morgan fingerprint density at radius 2 is 2.21 bits per heavy atom. The lowest BCUT2D eigenvalue weighted by molar-refractivity contribution is 0.102. The highest BCUT2D eigenvalue weighted by Crippen LogP contribution is 2.28. The van der Waals surface area contributed by atoms with Crippen LogP contribution in [0.15, 0.2) is 42.7 Å². The Hall–Kier alpha value is -2.87. The average Bonchev–Trinajstić information content (AvgIpc) is 2.48. The van der Waals surface area contributed by atoms with Gasteiger partial charge in [0.2, 0.25) is 0 Å². The van der Waals surface area contributed by atoms with E-state index in [4.69, 9.17) is 10.00 Å². The minimum absolute atomic E-state index is 0.339. The molecule has 0 unspecified atom stereocenters. The van der Waals surface area contributed by atoms with Crippen molar-refractivity contribution in [1.29, 1.82) is 5.26 Å². The fraction of sp³-hybridized carbons (Fsp3) is 0.0714. The molecule has 0 radical (unpaired) electrons. The monoisotopic (exact) mass is 253 g/mol. The summed E-state index contributed by atoms with van der Waals surface area (Å²) < 4.78 is 5.14. The van der Waals surface area contributed by atoms with E-state index in [1.165, 1.54) is 13.3 Å². The number of hydrogen-bond donors (Lipinski definition) is 1. The van der Waals surface area contributed by atoms with Crippen LogP contribution >= 0.6 is 0 Å². The fourth-order valence-corrected chi connectivity index (χ4v) is 1.61. The maximum atomic E-state index is 12.0. The molecule has 1 amide bonds. The SMILES string of the molecule is COc1cccc(C#N)c1NC(=O)c1cccnc1. The van der Waals surface area contributed by atoms with E-state index in [1.807, 2.05) is 6.07 Å². The van der Waals surface area contributed by atoms with Crippen LogP contribution in [0.5, 0.6) is 5.75 Å². The van der Waals surface area contributed by atoms with E-state index in [9.17, 15) is 4.79 Å². The van der Waals surface area contributed by atoms with Crippen LogP contribution in [0.2, 0.25) is 0 Å². The first-order chi connectivity index (χ1) is 9.26. The topological polar surface area (TPSA) is 75.0 Å². The van der Waals surface area contributed by atoms with Crippen LogP contribution in [0.4, 0.5) is 5.69 Å². The number of nitrogens with one attached hydrogen (secondary N) is 1. The van der Waals surface area contributed by atoms with Crippen molar-refractivity contribution in [2.45, 2.75) is 0 Å². The van der Waals surface area contributed by atoms with Crippen molar-refractivity contribution in [2.24, 2.45) is 0 Å². The molecule has 94 valence electrons. The van der Waals surface area contributed by atoms with Crippen LogP contribution in [0.1, 0.15) is 15.9 Å². The minimum Gasteiger partial charge on any atom is -0.495 e. The van der Waals surface area contributed by atoms with Crippen LogP contribution < -0.4 is 10.1 Å². The highest BCUT2D eigenvalue weighted by atomic mass is 16.5. The van der Waals surface area contributed by atoms with Crippen molar-refractivity contribution < 1.29 is 9.53 Å². The van der Waals surface area contributed by atoms with Gasteiger partial charge in [-0.3, -0.25) is 9.78 Å². The van der Waals surface area contributed by atoms with Gasteiger partial charge in [0.15, 0.2) is 0 Å². The van der Waals surface area contributed by atoms with Gasteiger partial charge in [-0.25, -0.2) is 0 Å². The lowest BCUT2D eigenvalue weighted by Gasteiger charge is -2.11. The molecule has 0 fully saturated rings. The number of aromatic nitrogens is 1. The summed E-state index contributed by atoms with van der Waals surface area (Å²) >= 11 is 0. The molecule has 0 atom stereocenters. The first-order valence-corrected chi connectivity index (χ1v) is 5.54. The van der Waals surface area contributed by atoms with Gasteiger partial charge in [-0.05, 0) is 24.3 Å². The lowest BCUT2D eigenvalue weighted by atomic mass is 10.1. The van der Waals surface area contributed by atoms with Crippen LogP contribution in [0.25, 0.3) is 0 Å². The zero-order valence-electron chi connectivity index (χ0n) is 10.3. The predicted molar refractivity (Wildman–Crippen MR) is 69.9 cm³/mol. The van der Waals surface area contributed by atoms with Gasteiger partial charge in [-0.2, -0.15) is 5.26 Å². The minimum atomic E-state index is -0.339. The van der Waals surface area contributed by atoms with Gasteiger partial charge in [0.05, 0.1) is 18.2 Å². The van der Waals surface area contributed by atoms with Gasteiger partial charge in [0.1, 0.15) is 17.5 Å². The number of nitriles is 1. The average molecular weight is 253 g/mol. The number of nitrogens with zero attached hydrogens (tertiary/aromatic N) is 2. The lowest BCUT2D eigenvalue weighted by Crippen LogP contribution is -2.13. The molecule has 2 rings (SSSR count). The molecule has 0 spiro atoms. The second kappa shape index (κ2) is 5.65. The normalized spacial score (nSPS) is 9.47. The number of pyridine rings is 1. The van der Waals surface area contributed by atoms with Gasteiger partial charge < -0.3 is 10.1 Å². The van der Waals surface area contributed by atoms with Gasteiger partial charge >= 0.3 is 0 Å². The molecule has 5 heteroatoms. The maximum Gasteiger partial charge on any atom is 0.257 e. The number of carbonyl (C=O) groups excluding carboxylic acids is 1. The molecule has 1 aromatic heterocycles. The Morgan fingerprint density at radius 3 is 2.84 bits per heavy atom. The Bertz CT molecular complexity index is 633. The van der Waals surface area contributed by atoms with Gasteiger partial charge in [-0.15, -0.1) is 0 Å². The summed E-state index contributed by atoms with van der Waals surface area (Å²) in [5.74, 6) is 0.102. The summed E-state index contributed by atoms with van der Waals surface area (Å²) in [6.07, 6.45) is 3.04. The van der Waals surface area contributed by atoms with E-state index < -0.39 is 0 Å². The number of amides is 1. The molecular formula is C14H11N3O2. The van der Waals surface area contributed by atoms with E-state index in [1.54, 1.807) is 36.5 Å². The molecule has 1 heterocycles. The molecule has 0 aliphatic carbocycles. The molecule has 0 aliphatic heterocycles. The van der Waals surface area contributed by atoms with Crippen LogP contribution in [-0.4, -0.2) is 18.0 Å². The Balaban J connectivity index is 2.34. The summed E-state index contributed by atoms with van der Waals surface area (Å²) in [5, 5.41) is 11.7. The molecule has 2 aromatic rings. The molecule has 0 saturated carbocycles. The highest BCUT2D eigenvalue weighted by Gasteiger charge is 2.13. The third kappa shape index (κ3) is 2.69. The first-order valence-electron chi connectivity index (χ1n) is 5.54. The standard InChI is InChI=1S/C14H11N3O2/c1-19-12-6-2-4-10(8-15)13(12)17-14(18)11-5-3-7-16-9-11/h2-7,9H,1H3,(H,17,18). The number of anilines is 1. The van der Waals surface area contributed by atoms with Gasteiger partial charge in [0, 0.05) is 12.4 Å². The number of para-hydroxylation sites is 1. The van der Waals surface area contributed by atoms with Gasteiger partial charge in [0.25, 0.3) is 5.91 Å². The summed E-state index contributed by atoms with van der Waals surface area (Å²) in [4.78, 5) is 15.9. The second-order valence-electron chi connectivity index (χ2n) is 3.69. The van der Waals surface area contributed by atoms with Crippen molar-refractivity contribution in [3.63, 3.8) is 0 Å². The molecule has 1 N–H and O–H groups in total. The number of methoxy groups -OCH3 is 1. The quantitative estimate of drug-likeness (QED) is 0.910. The summed E-state index contributed by atoms with van der Waals surface area (Å²) in [5.41, 5.74) is 1.12. The molecular weight excluding hydrogens is 242 g/mol. The third-order valence-electron chi connectivity index (χ3n) is 2.53. The van der Waals surface area contributed by atoms with Gasteiger partial charge in [-0.1, -0.05) is 6.07 Å². The third-order valence-corrected chi connectivity index (χ3v) is 2.53. The molecule has 19 heavy (non-hydrogen) atoms. The molecule has 1 aromatic carbocycles. The van der Waals surface area contributed by atoms with Crippen molar-refractivity contribution in [2.75, 3.05) is 12.4 Å². The molecule has 0 saturated heterocycles. The fourth-order valence-electron chi connectivity index (χ4n) is 1.61. The van der Waals surface area contributed by atoms with Crippen molar-refractivity contribution >= 4 is 11.6 Å². The summed E-state index contributed by atoms with van der Waals surface area (Å²) in [6.45, 7) is 0. The highest BCUT2D eigenvalue weighted by molar-refractivity contribution is 6.05. The number of benzene rings is 1.